The molecule has 0 unspecified atom stereocenters. The molecular formula is C12H9ClFN3O2. The van der Waals surface area contributed by atoms with Crippen LogP contribution in [-0.2, 0) is 0 Å². The topological polar surface area (TPSA) is 66.6 Å². The molecule has 1 aromatic carbocycles. The van der Waals surface area contributed by atoms with Gasteiger partial charge < -0.3 is 10.5 Å². The fourth-order valence-corrected chi connectivity index (χ4v) is 1.52. The average Bonchev–Trinajstić information content (AvgIpc) is 2.37. The van der Waals surface area contributed by atoms with E-state index in [1.807, 2.05) is 0 Å². The molecule has 98 valence electrons. The van der Waals surface area contributed by atoms with Gasteiger partial charge in [-0.3, -0.25) is 0 Å². The van der Waals surface area contributed by atoms with Crippen LogP contribution in [0.4, 0.5) is 14.9 Å². The number of amides is 2. The van der Waals surface area contributed by atoms with Crippen LogP contribution in [0.1, 0.15) is 0 Å². The average molecular weight is 282 g/mol. The van der Waals surface area contributed by atoms with E-state index in [1.165, 1.54) is 36.5 Å². The van der Waals surface area contributed by atoms with Gasteiger partial charge in [-0.05, 0) is 18.2 Å². The van der Waals surface area contributed by atoms with Crippen LogP contribution in [0.25, 0.3) is 0 Å². The Balaban J connectivity index is 2.21. The summed E-state index contributed by atoms with van der Waals surface area (Å²) in [6.07, 6.45) is 1.23. The number of carbonyl (C=O) groups is 1. The van der Waals surface area contributed by atoms with Crippen molar-refractivity contribution in [3.8, 4) is 0 Å². The molecule has 2 rings (SSSR count). The number of nitrogens with one attached hydrogen (secondary N) is 1. The van der Waals surface area contributed by atoms with Gasteiger partial charge in [0.1, 0.15) is 11.0 Å². The largest absolute Gasteiger partial charge is 0.428 e. The molecule has 1 heterocycles. The second kappa shape index (κ2) is 5.53. The Hall–Kier alpha value is -2.34. The van der Waals surface area contributed by atoms with Crippen LogP contribution in [0.5, 0.6) is 0 Å². The molecule has 19 heavy (non-hydrogen) atoms. The molecule has 0 atom stereocenters. The molecule has 0 aliphatic rings. The third kappa shape index (κ3) is 3.32. The lowest BCUT2D eigenvalue weighted by Gasteiger charge is -2.02. The minimum absolute atomic E-state index is 0.0000540. The number of pyridine rings is 1. The van der Waals surface area contributed by atoms with Crippen molar-refractivity contribution in [3.63, 3.8) is 0 Å². The first-order chi connectivity index (χ1) is 9.06. The highest BCUT2D eigenvalue weighted by Crippen LogP contribution is 2.12. The summed E-state index contributed by atoms with van der Waals surface area (Å²) in [6.45, 7) is 0. The fraction of sp³-hybridized carbons (Fsp3) is 0. The maximum Gasteiger partial charge on any atom is 0.346 e. The Morgan fingerprint density at radius 1 is 1.37 bits per heavy atom. The van der Waals surface area contributed by atoms with Crippen molar-refractivity contribution in [1.82, 2.24) is 4.73 Å². The van der Waals surface area contributed by atoms with Crippen molar-refractivity contribution in [2.24, 2.45) is 4.99 Å². The molecule has 0 saturated carbocycles. The first-order valence-corrected chi connectivity index (χ1v) is 5.62. The quantitative estimate of drug-likeness (QED) is 0.623. The van der Waals surface area contributed by atoms with Gasteiger partial charge in [-0.1, -0.05) is 23.7 Å². The Kier molecular flexibility index (Phi) is 3.82. The van der Waals surface area contributed by atoms with Crippen LogP contribution in [0.3, 0.4) is 0 Å². The molecule has 0 aliphatic carbocycles. The zero-order valence-electron chi connectivity index (χ0n) is 9.55. The first-order valence-electron chi connectivity index (χ1n) is 5.24. The predicted molar refractivity (Wildman–Crippen MR) is 67.6 cm³/mol. The SMILES string of the molecule is O=C(/N=c1/ccn(O)c(Cl)c1)Nc1ccccc1F. The fourth-order valence-electron chi connectivity index (χ4n) is 1.35. The van der Waals surface area contributed by atoms with E-state index in [2.05, 4.69) is 10.3 Å². The van der Waals surface area contributed by atoms with Gasteiger partial charge in [0.25, 0.3) is 0 Å². The molecule has 0 fully saturated rings. The van der Waals surface area contributed by atoms with Crippen LogP contribution in [0.15, 0.2) is 47.6 Å². The normalized spacial score (nSPS) is 11.4. The maximum absolute atomic E-state index is 13.3. The smallest absolute Gasteiger partial charge is 0.346 e. The van der Waals surface area contributed by atoms with Gasteiger partial charge in [0.15, 0.2) is 0 Å². The van der Waals surface area contributed by atoms with Crippen molar-refractivity contribution >= 4 is 23.3 Å². The minimum atomic E-state index is -0.739. The van der Waals surface area contributed by atoms with Crippen LogP contribution >= 0.6 is 11.6 Å². The summed E-state index contributed by atoms with van der Waals surface area (Å²) in [5.41, 5.74) is 0.0375. The molecule has 2 amide bonds. The number of benzene rings is 1. The number of anilines is 1. The third-order valence-electron chi connectivity index (χ3n) is 2.22. The van der Waals surface area contributed by atoms with Gasteiger partial charge in [0.05, 0.1) is 11.0 Å². The van der Waals surface area contributed by atoms with E-state index in [0.717, 1.165) is 0 Å². The highest BCUT2D eigenvalue weighted by atomic mass is 35.5. The van der Waals surface area contributed by atoms with Gasteiger partial charge in [-0.25, -0.2) is 9.18 Å². The number of carbonyl (C=O) groups excluding carboxylic acids is 1. The van der Waals surface area contributed by atoms with E-state index >= 15 is 0 Å². The molecular weight excluding hydrogens is 273 g/mol. The van der Waals surface area contributed by atoms with E-state index in [9.17, 15) is 9.18 Å². The first kappa shape index (κ1) is 13.1. The summed E-state index contributed by atoms with van der Waals surface area (Å²) >= 11 is 5.64. The Morgan fingerprint density at radius 3 is 2.79 bits per heavy atom. The summed E-state index contributed by atoms with van der Waals surface area (Å²) in [4.78, 5) is 15.2. The Morgan fingerprint density at radius 2 is 2.11 bits per heavy atom. The molecule has 2 N–H and O–H groups in total. The Labute approximate surface area is 112 Å². The van der Waals surface area contributed by atoms with Crippen LogP contribution < -0.4 is 10.7 Å². The van der Waals surface area contributed by atoms with Gasteiger partial charge in [0.2, 0.25) is 0 Å². The predicted octanol–water partition coefficient (Wildman–Crippen LogP) is 2.65. The standard InChI is InChI=1S/C12H9ClFN3O2/c13-11-7-8(5-6-17(11)19)15-12(18)16-10-4-2-1-3-9(10)14/h1-7,19H,(H,16,18)/b15-8-. The number of halogens is 2. The summed E-state index contributed by atoms with van der Waals surface area (Å²) in [6, 6.07) is 7.68. The van der Waals surface area contributed by atoms with Gasteiger partial charge >= 0.3 is 6.03 Å². The number of aromatic nitrogens is 1. The van der Waals surface area contributed by atoms with E-state index in [1.54, 1.807) is 6.07 Å². The van der Waals surface area contributed by atoms with Crippen molar-refractivity contribution in [2.45, 2.75) is 0 Å². The zero-order valence-corrected chi connectivity index (χ0v) is 10.3. The van der Waals surface area contributed by atoms with Crippen LogP contribution in [0.2, 0.25) is 5.15 Å². The number of hydrogen-bond acceptors (Lipinski definition) is 2. The summed E-state index contributed by atoms with van der Waals surface area (Å²) in [5.74, 6) is -0.551. The van der Waals surface area contributed by atoms with Gasteiger partial charge in [0, 0.05) is 12.3 Å². The lowest BCUT2D eigenvalue weighted by Crippen LogP contribution is -2.14. The molecule has 0 radical (unpaired) electrons. The van der Waals surface area contributed by atoms with Gasteiger partial charge in [-0.2, -0.15) is 9.72 Å². The van der Waals surface area contributed by atoms with E-state index in [4.69, 9.17) is 16.8 Å². The molecule has 0 bridgehead atoms. The molecule has 0 aliphatic heterocycles. The maximum atomic E-state index is 13.3. The number of nitrogens with zero attached hydrogens (tertiary/aromatic N) is 2. The second-order valence-electron chi connectivity index (χ2n) is 3.57. The van der Waals surface area contributed by atoms with Crippen molar-refractivity contribution in [1.29, 1.82) is 0 Å². The van der Waals surface area contributed by atoms with Crippen LogP contribution in [-0.4, -0.2) is 16.0 Å². The highest BCUT2D eigenvalue weighted by molar-refractivity contribution is 6.29. The van der Waals surface area contributed by atoms with E-state index in [-0.39, 0.29) is 16.2 Å². The molecule has 1 aromatic heterocycles. The highest BCUT2D eigenvalue weighted by Gasteiger charge is 2.04. The van der Waals surface area contributed by atoms with E-state index < -0.39 is 11.8 Å². The molecule has 5 nitrogen and oxygen atoms in total. The number of para-hydroxylation sites is 1. The Bertz CT molecular complexity index is 685. The molecule has 0 spiro atoms. The summed E-state index contributed by atoms with van der Waals surface area (Å²) in [7, 11) is 0. The minimum Gasteiger partial charge on any atom is -0.428 e. The van der Waals surface area contributed by atoms with Crippen molar-refractivity contribution in [2.75, 3.05) is 5.32 Å². The summed E-state index contributed by atoms with van der Waals surface area (Å²) < 4.78 is 14.0. The third-order valence-corrected chi connectivity index (χ3v) is 2.50. The van der Waals surface area contributed by atoms with E-state index in [0.29, 0.717) is 4.73 Å². The second-order valence-corrected chi connectivity index (χ2v) is 3.96. The molecule has 0 saturated heterocycles. The lowest BCUT2D eigenvalue weighted by atomic mass is 10.3. The van der Waals surface area contributed by atoms with Crippen molar-refractivity contribution < 1.29 is 14.4 Å². The zero-order chi connectivity index (χ0) is 13.8. The van der Waals surface area contributed by atoms with Crippen LogP contribution in [0, 0.1) is 5.82 Å². The number of hydrogen-bond donors (Lipinski definition) is 2. The van der Waals surface area contributed by atoms with Gasteiger partial charge in [-0.15, -0.1) is 0 Å². The summed E-state index contributed by atoms with van der Waals surface area (Å²) in [5, 5.41) is 11.7. The molecule has 7 heteroatoms. The monoisotopic (exact) mass is 281 g/mol. The van der Waals surface area contributed by atoms with Crippen molar-refractivity contribution in [3.05, 3.63) is 58.9 Å². The lowest BCUT2D eigenvalue weighted by molar-refractivity contribution is 0.185. The number of rotatable bonds is 1. The number of urea groups is 1. The molecule has 2 aromatic rings.